The number of amides is 1. The molecule has 3 aromatic rings. The van der Waals surface area contributed by atoms with Crippen molar-refractivity contribution < 1.29 is 18.0 Å². The number of para-hydroxylation sites is 2. The first kappa shape index (κ1) is 19.9. The summed E-state index contributed by atoms with van der Waals surface area (Å²) in [6.07, 6.45) is -2.19. The van der Waals surface area contributed by atoms with Crippen molar-refractivity contribution in [3.05, 3.63) is 53.4 Å². The largest absolute Gasteiger partial charge is 0.417 e. The molecule has 0 aliphatic carbocycles. The van der Waals surface area contributed by atoms with Gasteiger partial charge in [-0.3, -0.25) is 4.79 Å². The van der Waals surface area contributed by atoms with E-state index in [0.29, 0.717) is 6.20 Å². The lowest BCUT2D eigenvalue weighted by molar-refractivity contribution is -0.137. The zero-order chi connectivity index (χ0) is 20.3. The first-order chi connectivity index (χ1) is 13.3. The first-order valence-electron chi connectivity index (χ1n) is 8.43. The van der Waals surface area contributed by atoms with Crippen LogP contribution in [0.15, 0.2) is 42.9 Å². The van der Waals surface area contributed by atoms with Crippen molar-refractivity contribution in [1.29, 1.82) is 0 Å². The van der Waals surface area contributed by atoms with Gasteiger partial charge in [-0.2, -0.15) is 13.2 Å². The molecule has 0 bridgehead atoms. The molecular weight excluding hydrogens is 395 g/mol. The SMILES string of the molecule is CC(C(=O)NCCNc1ncc(C(F)(F)F)cc1Cl)n1cnc2ccccc21. The van der Waals surface area contributed by atoms with Crippen LogP contribution in [0, 0.1) is 0 Å². The number of carbonyl (C=O) groups excluding carboxylic acids is 1. The lowest BCUT2D eigenvalue weighted by Gasteiger charge is -2.15. The van der Waals surface area contributed by atoms with Crippen LogP contribution in [0.3, 0.4) is 0 Å². The van der Waals surface area contributed by atoms with E-state index in [2.05, 4.69) is 20.6 Å². The number of anilines is 1. The van der Waals surface area contributed by atoms with E-state index in [-0.39, 0.29) is 29.8 Å². The number of rotatable bonds is 6. The minimum atomic E-state index is -4.50. The fraction of sp³-hybridized carbons (Fsp3) is 0.278. The maximum atomic E-state index is 12.6. The van der Waals surface area contributed by atoms with Crippen molar-refractivity contribution in [3.8, 4) is 0 Å². The van der Waals surface area contributed by atoms with Crippen LogP contribution >= 0.6 is 11.6 Å². The topological polar surface area (TPSA) is 71.8 Å². The van der Waals surface area contributed by atoms with Gasteiger partial charge in [0.15, 0.2) is 0 Å². The van der Waals surface area contributed by atoms with Gasteiger partial charge in [-0.25, -0.2) is 9.97 Å². The molecule has 0 saturated carbocycles. The fourth-order valence-corrected chi connectivity index (χ4v) is 2.88. The van der Waals surface area contributed by atoms with Gasteiger partial charge < -0.3 is 15.2 Å². The molecule has 1 amide bonds. The summed E-state index contributed by atoms with van der Waals surface area (Å²) >= 11 is 5.83. The molecule has 1 aromatic carbocycles. The summed E-state index contributed by atoms with van der Waals surface area (Å²) < 4.78 is 39.6. The lowest BCUT2D eigenvalue weighted by atomic mass is 10.2. The Kier molecular flexibility index (Phi) is 5.73. The minimum absolute atomic E-state index is 0.123. The number of nitrogens with zero attached hydrogens (tertiary/aromatic N) is 3. The van der Waals surface area contributed by atoms with Gasteiger partial charge >= 0.3 is 6.18 Å². The fourth-order valence-electron chi connectivity index (χ4n) is 2.65. The molecular formula is C18H17ClF3N5O. The standard InChI is InChI=1S/C18H17ClF3N5O/c1-11(27-10-26-14-4-2-3-5-15(14)27)17(28)24-7-6-23-16-13(19)8-12(9-25-16)18(20,21)22/h2-5,8-11H,6-7H2,1H3,(H,23,25)(H,24,28). The molecule has 0 radical (unpaired) electrons. The Morgan fingerprint density at radius 1 is 1.25 bits per heavy atom. The summed E-state index contributed by atoms with van der Waals surface area (Å²) in [4.78, 5) is 20.3. The molecule has 2 N–H and O–H groups in total. The monoisotopic (exact) mass is 411 g/mol. The maximum absolute atomic E-state index is 12.6. The number of pyridine rings is 1. The zero-order valence-electron chi connectivity index (χ0n) is 14.8. The number of imidazole rings is 1. The third-order valence-electron chi connectivity index (χ3n) is 4.16. The van der Waals surface area contributed by atoms with Crippen LogP contribution in [0.1, 0.15) is 18.5 Å². The van der Waals surface area contributed by atoms with E-state index in [1.165, 1.54) is 0 Å². The number of fused-ring (bicyclic) bond motifs is 1. The number of nitrogens with one attached hydrogen (secondary N) is 2. The number of halogens is 4. The Morgan fingerprint density at radius 3 is 2.71 bits per heavy atom. The molecule has 1 atom stereocenters. The van der Waals surface area contributed by atoms with E-state index in [4.69, 9.17) is 11.6 Å². The highest BCUT2D eigenvalue weighted by Crippen LogP contribution is 2.32. The Balaban J connectivity index is 1.53. The molecule has 148 valence electrons. The van der Waals surface area contributed by atoms with Gasteiger partial charge in [-0.05, 0) is 25.1 Å². The Labute approximate surface area is 163 Å². The van der Waals surface area contributed by atoms with Gasteiger partial charge in [0.2, 0.25) is 5.91 Å². The molecule has 0 spiro atoms. The molecule has 28 heavy (non-hydrogen) atoms. The second kappa shape index (κ2) is 8.05. The summed E-state index contributed by atoms with van der Waals surface area (Å²) in [5.74, 6) is -0.0889. The first-order valence-corrected chi connectivity index (χ1v) is 8.81. The molecule has 0 aliphatic rings. The van der Waals surface area contributed by atoms with Gasteiger partial charge in [0.1, 0.15) is 11.9 Å². The summed E-state index contributed by atoms with van der Waals surface area (Å²) in [7, 11) is 0. The normalized spacial score (nSPS) is 12.8. The van der Waals surface area contributed by atoms with Gasteiger partial charge in [-0.15, -0.1) is 0 Å². The molecule has 1 unspecified atom stereocenters. The molecule has 0 aliphatic heterocycles. The van der Waals surface area contributed by atoms with Crippen molar-refractivity contribution in [2.75, 3.05) is 18.4 Å². The number of hydrogen-bond acceptors (Lipinski definition) is 4. The highest BCUT2D eigenvalue weighted by Gasteiger charge is 2.31. The van der Waals surface area contributed by atoms with Crippen molar-refractivity contribution in [2.24, 2.45) is 0 Å². The number of hydrogen-bond donors (Lipinski definition) is 2. The van der Waals surface area contributed by atoms with E-state index in [1.807, 2.05) is 24.3 Å². The van der Waals surface area contributed by atoms with E-state index < -0.39 is 17.8 Å². The maximum Gasteiger partial charge on any atom is 0.417 e. The predicted octanol–water partition coefficient (Wildman–Crippen LogP) is 3.89. The van der Waals surface area contributed by atoms with Crippen LogP contribution in [0.5, 0.6) is 0 Å². The second-order valence-electron chi connectivity index (χ2n) is 6.09. The lowest BCUT2D eigenvalue weighted by Crippen LogP contribution is -2.34. The van der Waals surface area contributed by atoms with Crippen molar-refractivity contribution in [1.82, 2.24) is 19.9 Å². The van der Waals surface area contributed by atoms with E-state index in [0.717, 1.165) is 17.1 Å². The highest BCUT2D eigenvalue weighted by molar-refractivity contribution is 6.32. The van der Waals surface area contributed by atoms with Crippen LogP contribution in [-0.4, -0.2) is 33.5 Å². The number of aromatic nitrogens is 3. The van der Waals surface area contributed by atoms with Crippen LogP contribution < -0.4 is 10.6 Å². The number of carbonyl (C=O) groups is 1. The summed E-state index contributed by atoms with van der Waals surface area (Å²) in [6.45, 7) is 2.25. The van der Waals surface area contributed by atoms with Gasteiger partial charge in [0.25, 0.3) is 0 Å². The van der Waals surface area contributed by atoms with Crippen LogP contribution in [0.25, 0.3) is 11.0 Å². The quantitative estimate of drug-likeness (QED) is 0.604. The number of benzene rings is 1. The average Bonchev–Trinajstić information content (AvgIpc) is 3.08. The van der Waals surface area contributed by atoms with Gasteiger partial charge in [0.05, 0.1) is 27.9 Å². The zero-order valence-corrected chi connectivity index (χ0v) is 15.6. The summed E-state index contributed by atoms with van der Waals surface area (Å²) in [5.41, 5.74) is 0.730. The van der Waals surface area contributed by atoms with Gasteiger partial charge in [0, 0.05) is 19.3 Å². The minimum Gasteiger partial charge on any atom is -0.367 e. The summed E-state index contributed by atoms with van der Waals surface area (Å²) in [6, 6.07) is 7.82. The van der Waals surface area contributed by atoms with Crippen molar-refractivity contribution in [2.45, 2.75) is 19.1 Å². The average molecular weight is 412 g/mol. The Bertz CT molecular complexity index is 989. The second-order valence-corrected chi connectivity index (χ2v) is 6.49. The van der Waals surface area contributed by atoms with Crippen LogP contribution in [0.4, 0.5) is 19.0 Å². The molecule has 2 heterocycles. The molecule has 0 saturated heterocycles. The molecule has 2 aromatic heterocycles. The van der Waals surface area contributed by atoms with Crippen molar-refractivity contribution in [3.63, 3.8) is 0 Å². The Hall–Kier alpha value is -2.81. The highest BCUT2D eigenvalue weighted by atomic mass is 35.5. The number of alkyl halides is 3. The predicted molar refractivity (Wildman–Crippen MR) is 100 cm³/mol. The summed E-state index contributed by atoms with van der Waals surface area (Å²) in [5, 5.41) is 5.43. The van der Waals surface area contributed by atoms with Crippen molar-refractivity contribution >= 4 is 34.4 Å². The smallest absolute Gasteiger partial charge is 0.367 e. The molecule has 3 rings (SSSR count). The van der Waals surface area contributed by atoms with Crippen LogP contribution in [-0.2, 0) is 11.0 Å². The molecule has 10 heteroatoms. The van der Waals surface area contributed by atoms with E-state index in [1.54, 1.807) is 17.8 Å². The molecule has 6 nitrogen and oxygen atoms in total. The van der Waals surface area contributed by atoms with E-state index in [9.17, 15) is 18.0 Å². The van der Waals surface area contributed by atoms with E-state index >= 15 is 0 Å². The van der Waals surface area contributed by atoms with Crippen LogP contribution in [0.2, 0.25) is 5.02 Å². The van der Waals surface area contributed by atoms with Gasteiger partial charge in [-0.1, -0.05) is 23.7 Å². The molecule has 0 fully saturated rings. The third-order valence-corrected chi connectivity index (χ3v) is 4.45. The Morgan fingerprint density at radius 2 is 2.00 bits per heavy atom. The third kappa shape index (κ3) is 4.36.